The average Bonchev–Trinajstić information content (AvgIpc) is 2.55. The minimum atomic E-state index is -0.154. The Balaban J connectivity index is 2.12. The molecule has 0 aromatic heterocycles. The number of hydrogen-bond donors (Lipinski definition) is 0. The number of carbonyl (C=O) groups is 2. The summed E-state index contributed by atoms with van der Waals surface area (Å²) in [6.07, 6.45) is 2.06. The van der Waals surface area contributed by atoms with E-state index in [1.54, 1.807) is 12.1 Å². The molecule has 2 aromatic carbocycles. The molecule has 0 fully saturated rings. The van der Waals surface area contributed by atoms with E-state index in [9.17, 15) is 9.59 Å². The van der Waals surface area contributed by atoms with Crippen LogP contribution in [0.5, 0.6) is 0 Å². The highest BCUT2D eigenvalue weighted by Crippen LogP contribution is 2.32. The molecule has 0 saturated carbocycles. The molecule has 2 aromatic rings. The lowest BCUT2D eigenvalue weighted by molar-refractivity contribution is -0.115. The van der Waals surface area contributed by atoms with Crippen molar-refractivity contribution in [2.24, 2.45) is 0 Å². The largest absolute Gasteiger partial charge is 0.294 e. The summed E-state index contributed by atoms with van der Waals surface area (Å²) in [5.41, 5.74) is 2.82. The predicted octanol–water partition coefficient (Wildman–Crippen LogP) is 4.08. The first-order valence-electron chi connectivity index (χ1n) is 7.19. The van der Waals surface area contributed by atoms with Gasteiger partial charge in [-0.05, 0) is 24.0 Å². The topological polar surface area (TPSA) is 34.1 Å². The molecule has 21 heavy (non-hydrogen) atoms. The normalized spacial score (nSPS) is 15.1. The smallest absolute Gasteiger partial charge is 0.196 e. The fourth-order valence-corrected chi connectivity index (χ4v) is 2.77. The number of benzene rings is 2. The first-order chi connectivity index (χ1) is 10.3. The molecule has 0 unspecified atom stereocenters. The molecule has 0 atom stereocenters. The third-order valence-electron chi connectivity index (χ3n) is 3.80. The lowest BCUT2D eigenvalue weighted by atomic mass is 9.83. The Morgan fingerprint density at radius 3 is 2.10 bits per heavy atom. The highest BCUT2D eigenvalue weighted by molar-refractivity contribution is 6.31. The second-order valence-electron chi connectivity index (χ2n) is 5.19. The summed E-state index contributed by atoms with van der Waals surface area (Å²) >= 11 is 0. The maximum atomic E-state index is 12.7. The zero-order valence-electron chi connectivity index (χ0n) is 11.7. The lowest BCUT2D eigenvalue weighted by Crippen LogP contribution is -2.19. The van der Waals surface area contributed by atoms with Crippen molar-refractivity contribution in [3.63, 3.8) is 0 Å². The predicted molar refractivity (Wildman–Crippen MR) is 83.0 cm³/mol. The molecule has 1 aliphatic carbocycles. The summed E-state index contributed by atoms with van der Waals surface area (Å²) in [7, 11) is 0. The second kappa shape index (κ2) is 5.88. The van der Waals surface area contributed by atoms with E-state index in [1.807, 2.05) is 48.5 Å². The maximum absolute atomic E-state index is 12.7. The van der Waals surface area contributed by atoms with Gasteiger partial charge in [-0.25, -0.2) is 0 Å². The Kier molecular flexibility index (Phi) is 3.78. The van der Waals surface area contributed by atoms with Gasteiger partial charge in [0.05, 0.1) is 5.57 Å². The molecule has 0 saturated heterocycles. The highest BCUT2D eigenvalue weighted by atomic mass is 16.1. The van der Waals surface area contributed by atoms with Crippen molar-refractivity contribution in [1.29, 1.82) is 0 Å². The van der Waals surface area contributed by atoms with Crippen molar-refractivity contribution >= 4 is 17.1 Å². The van der Waals surface area contributed by atoms with E-state index in [2.05, 4.69) is 0 Å². The van der Waals surface area contributed by atoms with E-state index < -0.39 is 0 Å². The van der Waals surface area contributed by atoms with E-state index in [0.717, 1.165) is 24.0 Å². The van der Waals surface area contributed by atoms with E-state index in [-0.39, 0.29) is 11.6 Å². The Hall–Kier alpha value is -2.48. The van der Waals surface area contributed by atoms with Gasteiger partial charge in [-0.3, -0.25) is 9.59 Å². The molecule has 3 rings (SSSR count). The third-order valence-corrected chi connectivity index (χ3v) is 3.80. The Morgan fingerprint density at radius 2 is 1.43 bits per heavy atom. The molecule has 2 heteroatoms. The molecule has 0 amide bonds. The van der Waals surface area contributed by atoms with Crippen LogP contribution in [0.25, 0.3) is 5.57 Å². The first-order valence-corrected chi connectivity index (χ1v) is 7.19. The van der Waals surface area contributed by atoms with Gasteiger partial charge in [-0.2, -0.15) is 0 Å². The monoisotopic (exact) mass is 276 g/mol. The van der Waals surface area contributed by atoms with Crippen molar-refractivity contribution in [2.75, 3.05) is 0 Å². The van der Waals surface area contributed by atoms with E-state index >= 15 is 0 Å². The van der Waals surface area contributed by atoms with Gasteiger partial charge in [0.1, 0.15) is 0 Å². The van der Waals surface area contributed by atoms with E-state index in [1.165, 1.54) is 0 Å². The fraction of sp³-hybridized carbons (Fsp3) is 0.158. The Labute approximate surface area is 124 Å². The molecule has 0 aliphatic heterocycles. The van der Waals surface area contributed by atoms with Crippen LogP contribution in [-0.4, -0.2) is 11.6 Å². The zero-order valence-corrected chi connectivity index (χ0v) is 11.7. The van der Waals surface area contributed by atoms with Gasteiger partial charge in [-0.15, -0.1) is 0 Å². The van der Waals surface area contributed by atoms with Crippen LogP contribution < -0.4 is 0 Å². The van der Waals surface area contributed by atoms with Gasteiger partial charge in [0.25, 0.3) is 0 Å². The molecule has 0 heterocycles. The molecule has 0 spiro atoms. The molecular formula is C19H16O2. The summed E-state index contributed by atoms with van der Waals surface area (Å²) in [5.74, 6) is -0.187. The number of rotatable bonds is 3. The van der Waals surface area contributed by atoms with Crippen LogP contribution in [0, 0.1) is 0 Å². The minimum Gasteiger partial charge on any atom is -0.294 e. The second-order valence-corrected chi connectivity index (χ2v) is 5.19. The lowest BCUT2D eigenvalue weighted by Gasteiger charge is -2.19. The van der Waals surface area contributed by atoms with Gasteiger partial charge < -0.3 is 0 Å². The first kappa shape index (κ1) is 13.5. The molecule has 0 radical (unpaired) electrons. The van der Waals surface area contributed by atoms with Gasteiger partial charge in [0.2, 0.25) is 0 Å². The van der Waals surface area contributed by atoms with Gasteiger partial charge in [0.15, 0.2) is 11.6 Å². The molecule has 0 bridgehead atoms. The quantitative estimate of drug-likeness (QED) is 0.625. The maximum Gasteiger partial charge on any atom is 0.196 e. The fourth-order valence-electron chi connectivity index (χ4n) is 2.77. The molecule has 104 valence electrons. The van der Waals surface area contributed by atoms with E-state index in [0.29, 0.717) is 17.6 Å². The van der Waals surface area contributed by atoms with Gasteiger partial charge >= 0.3 is 0 Å². The van der Waals surface area contributed by atoms with Crippen LogP contribution in [-0.2, 0) is 4.79 Å². The number of carbonyl (C=O) groups excluding carboxylic acids is 2. The minimum absolute atomic E-state index is 0.0334. The van der Waals surface area contributed by atoms with Crippen molar-refractivity contribution in [1.82, 2.24) is 0 Å². The van der Waals surface area contributed by atoms with Gasteiger partial charge in [-0.1, -0.05) is 60.7 Å². The van der Waals surface area contributed by atoms with Crippen molar-refractivity contribution in [3.8, 4) is 0 Å². The standard InChI is InChI=1S/C19H16O2/c20-17-13-7-12-16(14-8-3-1-4-9-14)18(17)19(21)15-10-5-2-6-11-15/h1-6,8-11H,7,12-13H2. The van der Waals surface area contributed by atoms with Gasteiger partial charge in [0, 0.05) is 12.0 Å². The average molecular weight is 276 g/mol. The zero-order chi connectivity index (χ0) is 14.7. The van der Waals surface area contributed by atoms with Crippen molar-refractivity contribution < 1.29 is 9.59 Å². The van der Waals surface area contributed by atoms with Crippen LogP contribution >= 0.6 is 0 Å². The summed E-state index contributed by atoms with van der Waals surface area (Å²) < 4.78 is 0. The summed E-state index contributed by atoms with van der Waals surface area (Å²) in [4.78, 5) is 25.0. The summed E-state index contributed by atoms with van der Waals surface area (Å²) in [6.45, 7) is 0. The molecular weight excluding hydrogens is 260 g/mol. The van der Waals surface area contributed by atoms with Crippen molar-refractivity contribution in [3.05, 3.63) is 77.4 Å². The third kappa shape index (κ3) is 2.70. The van der Waals surface area contributed by atoms with Crippen LogP contribution in [0.3, 0.4) is 0 Å². The Bertz CT molecular complexity index is 697. The number of hydrogen-bond acceptors (Lipinski definition) is 2. The number of Topliss-reactive ketones (excluding diaryl/α,β-unsaturated/α-hetero) is 2. The molecule has 2 nitrogen and oxygen atoms in total. The number of ketones is 2. The van der Waals surface area contributed by atoms with Crippen LogP contribution in [0.2, 0.25) is 0 Å². The highest BCUT2D eigenvalue weighted by Gasteiger charge is 2.27. The summed E-state index contributed by atoms with van der Waals surface area (Å²) in [5, 5.41) is 0. The SMILES string of the molecule is O=C1CCCC(c2ccccc2)=C1C(=O)c1ccccc1. The number of allylic oxidation sites excluding steroid dienone is 2. The van der Waals surface area contributed by atoms with Crippen LogP contribution in [0.4, 0.5) is 0 Å². The van der Waals surface area contributed by atoms with E-state index in [4.69, 9.17) is 0 Å². The molecule has 1 aliphatic rings. The molecule has 0 N–H and O–H groups in total. The van der Waals surface area contributed by atoms with Crippen LogP contribution in [0.15, 0.2) is 66.2 Å². The van der Waals surface area contributed by atoms with Crippen LogP contribution in [0.1, 0.15) is 35.2 Å². The van der Waals surface area contributed by atoms with Crippen molar-refractivity contribution in [2.45, 2.75) is 19.3 Å². The summed E-state index contributed by atoms with van der Waals surface area (Å²) in [6, 6.07) is 18.8. The Morgan fingerprint density at radius 1 is 0.810 bits per heavy atom.